The topological polar surface area (TPSA) is 116 Å². The first-order chi connectivity index (χ1) is 17.0. The van der Waals surface area contributed by atoms with E-state index in [2.05, 4.69) is 31.0 Å². The summed E-state index contributed by atoms with van der Waals surface area (Å²) in [5, 5.41) is 20.4. The zero-order valence-corrected chi connectivity index (χ0v) is 19.1. The Hall–Kier alpha value is -4.31. The van der Waals surface area contributed by atoms with E-state index in [0.717, 1.165) is 28.6 Å². The first kappa shape index (κ1) is 21.2. The van der Waals surface area contributed by atoms with Gasteiger partial charge in [0.05, 0.1) is 16.3 Å². The summed E-state index contributed by atoms with van der Waals surface area (Å²) in [5.74, 6) is 0.0637. The number of amides is 1. The summed E-state index contributed by atoms with van der Waals surface area (Å²) >= 11 is 1.34. The molecule has 1 saturated carbocycles. The van der Waals surface area contributed by atoms with Crippen molar-refractivity contribution in [3.63, 3.8) is 0 Å². The van der Waals surface area contributed by atoms with Gasteiger partial charge in [-0.25, -0.2) is 9.49 Å². The predicted octanol–water partition coefficient (Wildman–Crippen LogP) is 5.39. The number of hydrogen-bond donors (Lipinski definition) is 4. The Balaban J connectivity index is 1.26. The van der Waals surface area contributed by atoms with Crippen LogP contribution in [-0.4, -0.2) is 26.3 Å². The Morgan fingerprint density at radius 2 is 1.86 bits per heavy atom. The Labute approximate surface area is 202 Å². The van der Waals surface area contributed by atoms with Crippen LogP contribution >= 0.6 is 11.3 Å². The summed E-state index contributed by atoms with van der Waals surface area (Å²) in [5.41, 5.74) is 1.83. The molecule has 3 aromatic heterocycles. The van der Waals surface area contributed by atoms with Gasteiger partial charge in [-0.1, -0.05) is 18.2 Å². The van der Waals surface area contributed by atoms with Gasteiger partial charge in [-0.2, -0.15) is 10.2 Å². The molecule has 0 spiro atoms. The molecule has 174 valence electrons. The molecule has 0 bridgehead atoms. The Kier molecular flexibility index (Phi) is 5.14. The zero-order valence-electron chi connectivity index (χ0n) is 18.3. The van der Waals surface area contributed by atoms with Crippen LogP contribution in [0.1, 0.15) is 34.1 Å². The number of H-pyrrole nitrogens is 2. The molecule has 8 nitrogen and oxygen atoms in total. The van der Waals surface area contributed by atoms with Crippen molar-refractivity contribution in [2.24, 2.45) is 0 Å². The van der Waals surface area contributed by atoms with Gasteiger partial charge in [0, 0.05) is 27.9 Å². The molecule has 1 aliphatic rings. The van der Waals surface area contributed by atoms with Crippen molar-refractivity contribution in [1.29, 1.82) is 0 Å². The monoisotopic (exact) mass is 486 g/mol. The SMILES string of the molecule is O=C(Nc1cc(-c2cc(Nc3cc(C4CC4)[nH]n3)c(=O)[nH]n2)ccc1F)c1cc2ccccc2s1. The Morgan fingerprint density at radius 1 is 1.00 bits per heavy atom. The van der Waals surface area contributed by atoms with Gasteiger partial charge in [-0.05, 0) is 54.6 Å². The second-order valence-electron chi connectivity index (χ2n) is 8.40. The fourth-order valence-corrected chi connectivity index (χ4v) is 4.80. The maximum Gasteiger partial charge on any atom is 0.287 e. The molecule has 0 radical (unpaired) electrons. The number of thiophene rings is 1. The predicted molar refractivity (Wildman–Crippen MR) is 134 cm³/mol. The second kappa shape index (κ2) is 8.48. The van der Waals surface area contributed by atoms with Crippen LogP contribution in [0.15, 0.2) is 65.5 Å². The van der Waals surface area contributed by atoms with E-state index in [4.69, 9.17) is 0 Å². The van der Waals surface area contributed by atoms with Gasteiger partial charge in [0.15, 0.2) is 5.82 Å². The molecule has 0 atom stereocenters. The van der Waals surface area contributed by atoms with E-state index in [0.29, 0.717) is 27.9 Å². The van der Waals surface area contributed by atoms with Crippen molar-refractivity contribution in [1.82, 2.24) is 20.4 Å². The molecule has 2 aromatic carbocycles. The van der Waals surface area contributed by atoms with Crippen LogP contribution in [-0.2, 0) is 0 Å². The third-order valence-corrected chi connectivity index (χ3v) is 6.96. The molecule has 1 aliphatic carbocycles. The summed E-state index contributed by atoms with van der Waals surface area (Å²) < 4.78 is 15.5. The lowest BCUT2D eigenvalue weighted by atomic mass is 10.1. The van der Waals surface area contributed by atoms with E-state index >= 15 is 0 Å². The van der Waals surface area contributed by atoms with Crippen molar-refractivity contribution in [2.75, 3.05) is 10.6 Å². The van der Waals surface area contributed by atoms with Gasteiger partial charge < -0.3 is 10.6 Å². The van der Waals surface area contributed by atoms with E-state index in [1.807, 2.05) is 30.3 Å². The van der Waals surface area contributed by atoms with Crippen LogP contribution in [0.5, 0.6) is 0 Å². The van der Waals surface area contributed by atoms with E-state index < -0.39 is 17.3 Å². The molecule has 1 amide bonds. The highest BCUT2D eigenvalue weighted by atomic mass is 32.1. The summed E-state index contributed by atoms with van der Waals surface area (Å²) in [4.78, 5) is 25.6. The number of aromatic nitrogens is 4. The molecule has 4 N–H and O–H groups in total. The first-order valence-electron chi connectivity index (χ1n) is 11.1. The second-order valence-corrected chi connectivity index (χ2v) is 9.48. The molecular formula is C25H19FN6O2S. The van der Waals surface area contributed by atoms with Gasteiger partial charge >= 0.3 is 0 Å². The van der Waals surface area contributed by atoms with Crippen molar-refractivity contribution >= 4 is 44.5 Å². The molecule has 10 heteroatoms. The normalized spacial score (nSPS) is 13.2. The van der Waals surface area contributed by atoms with Crippen LogP contribution in [0, 0.1) is 5.82 Å². The number of carbonyl (C=O) groups excluding carboxylic acids is 1. The molecule has 0 saturated heterocycles. The van der Waals surface area contributed by atoms with E-state index in [9.17, 15) is 14.0 Å². The largest absolute Gasteiger partial charge is 0.334 e. The molecule has 3 heterocycles. The highest BCUT2D eigenvalue weighted by Crippen LogP contribution is 2.39. The number of aromatic amines is 2. The third kappa shape index (κ3) is 4.31. The van der Waals surface area contributed by atoms with Crippen LogP contribution in [0.4, 0.5) is 21.6 Å². The number of benzene rings is 2. The maximum absolute atomic E-state index is 14.6. The smallest absolute Gasteiger partial charge is 0.287 e. The van der Waals surface area contributed by atoms with Gasteiger partial charge in [-0.15, -0.1) is 11.3 Å². The highest BCUT2D eigenvalue weighted by molar-refractivity contribution is 7.20. The highest BCUT2D eigenvalue weighted by Gasteiger charge is 2.25. The molecule has 35 heavy (non-hydrogen) atoms. The van der Waals surface area contributed by atoms with Gasteiger partial charge in [-0.3, -0.25) is 14.7 Å². The standard InChI is InChI=1S/C25H19FN6O2S/c26-16-8-7-14(9-19(16)28-25(34)22-10-15-3-1-2-4-21(15)35-22)17-11-20(24(33)32-30-17)27-23-12-18(29-31-23)13-5-6-13/h1-4,7-13H,5-6H2,(H,28,34)(H,32,33)(H2,27,29,30,31). The fourth-order valence-electron chi connectivity index (χ4n) is 3.85. The molecule has 6 rings (SSSR count). The van der Waals surface area contributed by atoms with Crippen LogP contribution in [0.2, 0.25) is 0 Å². The minimum Gasteiger partial charge on any atom is -0.334 e. The molecule has 1 fully saturated rings. The van der Waals surface area contributed by atoms with Crippen molar-refractivity contribution in [2.45, 2.75) is 18.8 Å². The first-order valence-corrected chi connectivity index (χ1v) is 11.9. The van der Waals surface area contributed by atoms with Crippen molar-refractivity contribution in [3.05, 3.63) is 87.4 Å². The maximum atomic E-state index is 14.6. The lowest BCUT2D eigenvalue weighted by molar-refractivity contribution is 0.103. The quantitative estimate of drug-likeness (QED) is 0.257. The number of fused-ring (bicyclic) bond motifs is 1. The number of hydrogen-bond acceptors (Lipinski definition) is 6. The average molecular weight is 487 g/mol. The summed E-state index contributed by atoms with van der Waals surface area (Å²) in [6, 6.07) is 17.2. The number of nitrogens with zero attached hydrogens (tertiary/aromatic N) is 2. The summed E-state index contributed by atoms with van der Waals surface area (Å²) in [6.45, 7) is 0. The Morgan fingerprint density at radius 3 is 2.69 bits per heavy atom. The number of anilines is 3. The van der Waals surface area contributed by atoms with Crippen LogP contribution < -0.4 is 16.2 Å². The van der Waals surface area contributed by atoms with Crippen molar-refractivity contribution in [3.8, 4) is 11.3 Å². The number of halogens is 1. The molecule has 0 aliphatic heterocycles. The number of rotatable bonds is 6. The summed E-state index contributed by atoms with van der Waals surface area (Å²) in [7, 11) is 0. The minimum atomic E-state index is -0.574. The lowest BCUT2D eigenvalue weighted by Crippen LogP contribution is -2.14. The molecule has 5 aromatic rings. The minimum absolute atomic E-state index is 0.0221. The van der Waals surface area contributed by atoms with Crippen LogP contribution in [0.3, 0.4) is 0 Å². The van der Waals surface area contributed by atoms with E-state index in [1.165, 1.54) is 29.5 Å². The van der Waals surface area contributed by atoms with E-state index in [-0.39, 0.29) is 11.4 Å². The summed E-state index contributed by atoms with van der Waals surface area (Å²) in [6.07, 6.45) is 2.27. The zero-order chi connectivity index (χ0) is 23.9. The molecular weight excluding hydrogens is 467 g/mol. The number of nitrogens with one attached hydrogen (secondary N) is 4. The van der Waals surface area contributed by atoms with Crippen molar-refractivity contribution < 1.29 is 9.18 Å². The van der Waals surface area contributed by atoms with Gasteiger partial charge in [0.25, 0.3) is 11.5 Å². The number of carbonyl (C=O) groups is 1. The Bertz CT molecular complexity index is 1600. The molecule has 0 unspecified atom stereocenters. The fraction of sp³-hybridized carbons (Fsp3) is 0.120. The van der Waals surface area contributed by atoms with Gasteiger partial charge in [0.2, 0.25) is 0 Å². The third-order valence-electron chi connectivity index (χ3n) is 5.84. The van der Waals surface area contributed by atoms with Gasteiger partial charge in [0.1, 0.15) is 11.5 Å². The van der Waals surface area contributed by atoms with Crippen LogP contribution in [0.25, 0.3) is 21.3 Å². The lowest BCUT2D eigenvalue weighted by Gasteiger charge is -2.09. The van der Waals surface area contributed by atoms with E-state index in [1.54, 1.807) is 12.1 Å². The average Bonchev–Trinajstić information content (AvgIpc) is 3.44.